The SMILES string of the molecule is c1ccc2c(OC[C@H]3CCCN3c3ncnc4[nH]cnc34)ccc(CNCCN3CCOCC3)c2c1. The van der Waals surface area contributed by atoms with E-state index in [4.69, 9.17) is 9.47 Å². The monoisotopic (exact) mass is 487 g/mol. The second kappa shape index (κ2) is 10.8. The topological polar surface area (TPSA) is 91.4 Å². The van der Waals surface area contributed by atoms with Crippen LogP contribution in [0.15, 0.2) is 49.1 Å². The summed E-state index contributed by atoms with van der Waals surface area (Å²) in [4.78, 5) is 21.1. The molecular weight excluding hydrogens is 454 g/mol. The van der Waals surface area contributed by atoms with Gasteiger partial charge in [0.15, 0.2) is 11.5 Å². The first-order chi connectivity index (χ1) is 17.9. The van der Waals surface area contributed by atoms with Crippen LogP contribution in [-0.4, -0.2) is 83.4 Å². The lowest BCUT2D eigenvalue weighted by atomic mass is 10.0. The van der Waals surface area contributed by atoms with Gasteiger partial charge in [-0.15, -0.1) is 0 Å². The van der Waals surface area contributed by atoms with E-state index in [2.05, 4.69) is 71.5 Å². The molecule has 0 saturated carbocycles. The second-order valence-corrected chi connectivity index (χ2v) is 9.50. The molecule has 2 saturated heterocycles. The van der Waals surface area contributed by atoms with Gasteiger partial charge in [0, 0.05) is 44.7 Å². The minimum Gasteiger partial charge on any atom is -0.491 e. The molecule has 1 atom stereocenters. The van der Waals surface area contributed by atoms with Crippen molar-refractivity contribution in [3.8, 4) is 5.75 Å². The molecule has 2 aromatic heterocycles. The first-order valence-electron chi connectivity index (χ1n) is 12.9. The van der Waals surface area contributed by atoms with Gasteiger partial charge < -0.3 is 24.7 Å². The van der Waals surface area contributed by atoms with Crippen LogP contribution in [0.25, 0.3) is 21.9 Å². The van der Waals surface area contributed by atoms with Gasteiger partial charge >= 0.3 is 0 Å². The molecule has 9 nitrogen and oxygen atoms in total. The van der Waals surface area contributed by atoms with E-state index >= 15 is 0 Å². The number of nitrogens with one attached hydrogen (secondary N) is 2. The Balaban J connectivity index is 1.12. The molecular formula is C27H33N7O2. The van der Waals surface area contributed by atoms with Crippen molar-refractivity contribution in [2.75, 3.05) is 57.4 Å². The predicted octanol–water partition coefficient (Wildman–Crippen LogP) is 2.98. The van der Waals surface area contributed by atoms with Crippen LogP contribution in [0.5, 0.6) is 5.75 Å². The molecule has 0 spiro atoms. The van der Waals surface area contributed by atoms with Crippen LogP contribution in [-0.2, 0) is 11.3 Å². The number of hydrogen-bond donors (Lipinski definition) is 2. The van der Waals surface area contributed by atoms with Crippen LogP contribution in [0.1, 0.15) is 18.4 Å². The van der Waals surface area contributed by atoms with Crippen molar-refractivity contribution in [1.29, 1.82) is 0 Å². The molecule has 188 valence electrons. The van der Waals surface area contributed by atoms with Gasteiger partial charge in [-0.25, -0.2) is 15.0 Å². The van der Waals surface area contributed by atoms with Crippen LogP contribution >= 0.6 is 0 Å². The fraction of sp³-hybridized carbons (Fsp3) is 0.444. The van der Waals surface area contributed by atoms with E-state index in [0.29, 0.717) is 6.61 Å². The summed E-state index contributed by atoms with van der Waals surface area (Å²) in [5.41, 5.74) is 2.89. The number of hydrogen-bond acceptors (Lipinski definition) is 8. The number of fused-ring (bicyclic) bond motifs is 2. The largest absolute Gasteiger partial charge is 0.491 e. The molecule has 2 N–H and O–H groups in total. The van der Waals surface area contributed by atoms with Crippen molar-refractivity contribution in [1.82, 2.24) is 30.2 Å². The Morgan fingerprint density at radius 3 is 2.83 bits per heavy atom. The van der Waals surface area contributed by atoms with Crippen molar-refractivity contribution < 1.29 is 9.47 Å². The minimum atomic E-state index is 0.250. The van der Waals surface area contributed by atoms with E-state index in [1.54, 1.807) is 12.7 Å². The molecule has 4 aromatic rings. The van der Waals surface area contributed by atoms with Crippen LogP contribution in [0.2, 0.25) is 0 Å². The third kappa shape index (κ3) is 4.86. The van der Waals surface area contributed by atoms with Gasteiger partial charge in [-0.3, -0.25) is 4.90 Å². The number of aromatic nitrogens is 4. The lowest BCUT2D eigenvalue weighted by molar-refractivity contribution is 0.0384. The van der Waals surface area contributed by atoms with Gasteiger partial charge in [-0.1, -0.05) is 30.3 Å². The summed E-state index contributed by atoms with van der Waals surface area (Å²) in [5.74, 6) is 1.82. The number of benzene rings is 2. The summed E-state index contributed by atoms with van der Waals surface area (Å²) in [5, 5.41) is 6.02. The molecule has 0 aliphatic carbocycles. The van der Waals surface area contributed by atoms with Crippen LogP contribution in [0, 0.1) is 0 Å². The van der Waals surface area contributed by atoms with Crippen molar-refractivity contribution in [3.63, 3.8) is 0 Å². The molecule has 4 heterocycles. The normalized spacial score (nSPS) is 18.9. The minimum absolute atomic E-state index is 0.250. The zero-order valence-electron chi connectivity index (χ0n) is 20.5. The molecule has 0 radical (unpaired) electrons. The number of anilines is 1. The summed E-state index contributed by atoms with van der Waals surface area (Å²) >= 11 is 0. The van der Waals surface area contributed by atoms with Gasteiger partial charge in [0.05, 0.1) is 25.6 Å². The summed E-state index contributed by atoms with van der Waals surface area (Å²) in [6.45, 7) is 8.16. The Kier molecular flexibility index (Phi) is 6.93. The Hall–Kier alpha value is -3.27. The zero-order chi connectivity index (χ0) is 24.2. The van der Waals surface area contributed by atoms with Crippen molar-refractivity contribution >= 4 is 27.8 Å². The maximum absolute atomic E-state index is 6.46. The lowest BCUT2D eigenvalue weighted by Gasteiger charge is -2.26. The summed E-state index contributed by atoms with van der Waals surface area (Å²) in [6.07, 6.45) is 5.46. The average Bonchev–Trinajstić information content (AvgIpc) is 3.60. The molecule has 2 aliphatic heterocycles. The third-order valence-electron chi connectivity index (χ3n) is 7.28. The molecule has 2 aromatic carbocycles. The number of imidazole rings is 1. The van der Waals surface area contributed by atoms with E-state index in [1.165, 1.54) is 10.9 Å². The molecule has 2 fully saturated rings. The quantitative estimate of drug-likeness (QED) is 0.348. The number of rotatable bonds is 9. The molecule has 6 rings (SSSR count). The smallest absolute Gasteiger partial charge is 0.162 e. The summed E-state index contributed by atoms with van der Waals surface area (Å²) < 4.78 is 11.9. The van der Waals surface area contributed by atoms with E-state index in [1.807, 2.05) is 0 Å². The number of morpholine rings is 1. The van der Waals surface area contributed by atoms with Gasteiger partial charge in [0.1, 0.15) is 24.2 Å². The maximum Gasteiger partial charge on any atom is 0.162 e. The Morgan fingerprint density at radius 1 is 1.03 bits per heavy atom. The van der Waals surface area contributed by atoms with Crippen molar-refractivity contribution in [2.45, 2.75) is 25.4 Å². The first kappa shape index (κ1) is 23.1. The van der Waals surface area contributed by atoms with Crippen LogP contribution < -0.4 is 15.0 Å². The van der Waals surface area contributed by atoms with Gasteiger partial charge in [-0.05, 0) is 29.9 Å². The van der Waals surface area contributed by atoms with Crippen molar-refractivity contribution in [2.24, 2.45) is 0 Å². The zero-order valence-corrected chi connectivity index (χ0v) is 20.5. The molecule has 0 bridgehead atoms. The number of aromatic amines is 1. The third-order valence-corrected chi connectivity index (χ3v) is 7.28. The predicted molar refractivity (Wildman–Crippen MR) is 140 cm³/mol. The van der Waals surface area contributed by atoms with E-state index in [0.717, 1.165) is 93.4 Å². The number of H-pyrrole nitrogens is 1. The highest BCUT2D eigenvalue weighted by Crippen LogP contribution is 2.31. The second-order valence-electron chi connectivity index (χ2n) is 9.50. The lowest BCUT2D eigenvalue weighted by Crippen LogP contribution is -2.40. The van der Waals surface area contributed by atoms with E-state index < -0.39 is 0 Å². The average molecular weight is 488 g/mol. The highest BCUT2D eigenvalue weighted by atomic mass is 16.5. The molecule has 0 amide bonds. The molecule has 2 aliphatic rings. The Labute approximate surface area is 210 Å². The Bertz CT molecular complexity index is 1300. The fourth-order valence-electron chi connectivity index (χ4n) is 5.33. The summed E-state index contributed by atoms with van der Waals surface area (Å²) in [6, 6.07) is 13.1. The van der Waals surface area contributed by atoms with Crippen LogP contribution in [0.3, 0.4) is 0 Å². The number of nitrogens with zero attached hydrogens (tertiary/aromatic N) is 5. The van der Waals surface area contributed by atoms with E-state index in [-0.39, 0.29) is 6.04 Å². The summed E-state index contributed by atoms with van der Waals surface area (Å²) in [7, 11) is 0. The first-order valence-corrected chi connectivity index (χ1v) is 12.9. The molecule has 9 heteroatoms. The standard InChI is InChI=1S/C27H33N7O2/c1-2-6-23-22(5-1)20(16-28-9-11-33-12-14-35-15-13-33)7-8-24(23)36-17-21-4-3-10-34(21)27-25-26(30-18-29-25)31-19-32-27/h1-2,5-8,18-19,21,28H,3-4,9-17H2,(H,29,30,31,32)/t21-/m1/s1. The van der Waals surface area contributed by atoms with Gasteiger partial charge in [-0.2, -0.15) is 0 Å². The molecule has 36 heavy (non-hydrogen) atoms. The van der Waals surface area contributed by atoms with Crippen molar-refractivity contribution in [3.05, 3.63) is 54.6 Å². The maximum atomic E-state index is 6.46. The Morgan fingerprint density at radius 2 is 1.92 bits per heavy atom. The highest BCUT2D eigenvalue weighted by Gasteiger charge is 2.28. The molecule has 0 unspecified atom stereocenters. The fourth-order valence-corrected chi connectivity index (χ4v) is 5.33. The van der Waals surface area contributed by atoms with E-state index in [9.17, 15) is 0 Å². The van der Waals surface area contributed by atoms with Gasteiger partial charge in [0.2, 0.25) is 0 Å². The highest BCUT2D eigenvalue weighted by molar-refractivity contribution is 5.91. The van der Waals surface area contributed by atoms with Gasteiger partial charge in [0.25, 0.3) is 0 Å². The van der Waals surface area contributed by atoms with Crippen LogP contribution in [0.4, 0.5) is 5.82 Å². The number of ether oxygens (including phenoxy) is 2.